The standard InChI is InChI=1S/C19H19ClF2N2O4S/c1-13-10-14(2-4-16(13)20)28-12-19(25)23-6-8-24(9-7-23)29(26,27)15-3-5-17(21)18(22)11-15/h2-5,10-11H,6-9,12H2,1H3. The largest absolute Gasteiger partial charge is 0.484 e. The summed E-state index contributed by atoms with van der Waals surface area (Å²) in [6.45, 7) is 2.08. The van der Waals surface area contributed by atoms with Crippen molar-refractivity contribution in [3.05, 3.63) is 58.6 Å². The zero-order valence-electron chi connectivity index (χ0n) is 15.6. The first kappa shape index (κ1) is 21.5. The van der Waals surface area contributed by atoms with Gasteiger partial charge in [0.05, 0.1) is 4.90 Å². The number of ether oxygens (including phenoxy) is 1. The van der Waals surface area contributed by atoms with Gasteiger partial charge in [0.2, 0.25) is 10.0 Å². The number of hydrogen-bond acceptors (Lipinski definition) is 4. The van der Waals surface area contributed by atoms with Crippen LogP contribution in [0.4, 0.5) is 8.78 Å². The number of carbonyl (C=O) groups excluding carboxylic acids is 1. The van der Waals surface area contributed by atoms with Gasteiger partial charge >= 0.3 is 0 Å². The fraction of sp³-hybridized carbons (Fsp3) is 0.316. The molecule has 0 saturated carbocycles. The second kappa shape index (κ2) is 8.64. The second-order valence-electron chi connectivity index (χ2n) is 6.56. The van der Waals surface area contributed by atoms with Gasteiger partial charge in [0, 0.05) is 31.2 Å². The van der Waals surface area contributed by atoms with Crippen molar-refractivity contribution in [2.24, 2.45) is 0 Å². The number of aryl methyl sites for hydroxylation is 1. The summed E-state index contributed by atoms with van der Waals surface area (Å²) in [6.07, 6.45) is 0. The van der Waals surface area contributed by atoms with Gasteiger partial charge in [0.1, 0.15) is 5.75 Å². The maximum Gasteiger partial charge on any atom is 0.260 e. The Labute approximate surface area is 172 Å². The third-order valence-corrected chi connectivity index (χ3v) is 6.93. The van der Waals surface area contributed by atoms with Crippen LogP contribution in [-0.4, -0.2) is 56.3 Å². The molecule has 1 heterocycles. The maximum absolute atomic E-state index is 13.4. The van der Waals surface area contributed by atoms with E-state index in [1.54, 1.807) is 18.2 Å². The zero-order valence-corrected chi connectivity index (χ0v) is 17.1. The molecule has 156 valence electrons. The molecule has 1 aliphatic heterocycles. The summed E-state index contributed by atoms with van der Waals surface area (Å²) in [5, 5.41) is 0.599. The monoisotopic (exact) mass is 444 g/mol. The average molecular weight is 445 g/mol. The molecule has 1 amide bonds. The Morgan fingerprint density at radius 1 is 1.07 bits per heavy atom. The molecule has 0 aromatic heterocycles. The van der Waals surface area contributed by atoms with Gasteiger partial charge in [-0.1, -0.05) is 11.6 Å². The van der Waals surface area contributed by atoms with E-state index in [-0.39, 0.29) is 43.6 Å². The van der Waals surface area contributed by atoms with Crippen molar-refractivity contribution in [2.45, 2.75) is 11.8 Å². The van der Waals surface area contributed by atoms with E-state index in [0.29, 0.717) is 16.8 Å². The Balaban J connectivity index is 1.57. The van der Waals surface area contributed by atoms with E-state index in [9.17, 15) is 22.0 Å². The lowest BCUT2D eigenvalue weighted by Crippen LogP contribution is -2.51. The molecule has 1 aliphatic rings. The van der Waals surface area contributed by atoms with Gasteiger partial charge in [-0.3, -0.25) is 4.79 Å². The number of rotatable bonds is 5. The average Bonchev–Trinajstić information content (AvgIpc) is 2.70. The SMILES string of the molecule is Cc1cc(OCC(=O)N2CCN(S(=O)(=O)c3ccc(F)c(F)c3)CC2)ccc1Cl. The molecule has 10 heteroatoms. The number of nitrogens with zero attached hydrogens (tertiary/aromatic N) is 2. The molecule has 2 aromatic rings. The third kappa shape index (κ3) is 4.85. The van der Waals surface area contributed by atoms with Crippen LogP contribution < -0.4 is 4.74 Å². The van der Waals surface area contributed by atoms with Crippen LogP contribution in [0.5, 0.6) is 5.75 Å². The van der Waals surface area contributed by atoms with Crippen LogP contribution in [0, 0.1) is 18.6 Å². The molecule has 0 bridgehead atoms. The van der Waals surface area contributed by atoms with Crippen molar-refractivity contribution < 1.29 is 26.7 Å². The van der Waals surface area contributed by atoms with Crippen molar-refractivity contribution in [2.75, 3.05) is 32.8 Å². The quantitative estimate of drug-likeness (QED) is 0.711. The first-order chi connectivity index (χ1) is 13.7. The molecule has 0 aliphatic carbocycles. The number of sulfonamides is 1. The van der Waals surface area contributed by atoms with Gasteiger partial charge in [0.15, 0.2) is 18.2 Å². The van der Waals surface area contributed by atoms with E-state index in [4.69, 9.17) is 16.3 Å². The summed E-state index contributed by atoms with van der Waals surface area (Å²) < 4.78 is 58.3. The van der Waals surface area contributed by atoms with Gasteiger partial charge in [-0.2, -0.15) is 4.31 Å². The highest BCUT2D eigenvalue weighted by atomic mass is 35.5. The van der Waals surface area contributed by atoms with Gasteiger partial charge in [-0.15, -0.1) is 0 Å². The molecular weight excluding hydrogens is 426 g/mol. The van der Waals surface area contributed by atoms with Gasteiger partial charge in [0.25, 0.3) is 5.91 Å². The molecule has 6 nitrogen and oxygen atoms in total. The van der Waals surface area contributed by atoms with Crippen molar-refractivity contribution in [3.63, 3.8) is 0 Å². The van der Waals surface area contributed by atoms with Crippen LogP contribution in [0.1, 0.15) is 5.56 Å². The number of piperazine rings is 1. The molecule has 2 aromatic carbocycles. The Hall–Kier alpha value is -2.23. The lowest BCUT2D eigenvalue weighted by atomic mass is 10.2. The molecule has 0 unspecified atom stereocenters. The number of benzene rings is 2. The van der Waals surface area contributed by atoms with Gasteiger partial charge in [-0.05, 0) is 48.9 Å². The highest BCUT2D eigenvalue weighted by Crippen LogP contribution is 2.22. The highest BCUT2D eigenvalue weighted by molar-refractivity contribution is 7.89. The molecule has 0 N–H and O–H groups in total. The molecule has 0 atom stereocenters. The summed E-state index contributed by atoms with van der Waals surface area (Å²) in [4.78, 5) is 13.5. The molecule has 0 spiro atoms. The smallest absolute Gasteiger partial charge is 0.260 e. The van der Waals surface area contributed by atoms with Crippen LogP contribution in [0.15, 0.2) is 41.3 Å². The van der Waals surface area contributed by atoms with Crippen molar-refractivity contribution in [1.29, 1.82) is 0 Å². The molecule has 29 heavy (non-hydrogen) atoms. The van der Waals surface area contributed by atoms with Crippen LogP contribution in [-0.2, 0) is 14.8 Å². The number of halogens is 3. The fourth-order valence-electron chi connectivity index (χ4n) is 2.91. The van der Waals surface area contributed by atoms with E-state index >= 15 is 0 Å². The van der Waals surface area contributed by atoms with E-state index < -0.39 is 21.7 Å². The molecule has 0 radical (unpaired) electrons. The van der Waals surface area contributed by atoms with Crippen LogP contribution in [0.2, 0.25) is 5.02 Å². The van der Waals surface area contributed by atoms with Gasteiger partial charge in [-0.25, -0.2) is 17.2 Å². The van der Waals surface area contributed by atoms with E-state index in [0.717, 1.165) is 22.0 Å². The second-order valence-corrected chi connectivity index (χ2v) is 8.91. The Bertz CT molecular complexity index is 1020. The highest BCUT2D eigenvalue weighted by Gasteiger charge is 2.30. The number of hydrogen-bond donors (Lipinski definition) is 0. The summed E-state index contributed by atoms with van der Waals surface area (Å²) in [7, 11) is -3.97. The normalized spacial score (nSPS) is 15.4. The topological polar surface area (TPSA) is 66.9 Å². The first-order valence-electron chi connectivity index (χ1n) is 8.80. The minimum Gasteiger partial charge on any atom is -0.484 e. The van der Waals surface area contributed by atoms with Crippen LogP contribution in [0.3, 0.4) is 0 Å². The van der Waals surface area contributed by atoms with Crippen molar-refractivity contribution in [3.8, 4) is 5.75 Å². The van der Waals surface area contributed by atoms with E-state index in [1.807, 2.05) is 6.92 Å². The summed E-state index contributed by atoms with van der Waals surface area (Å²) in [5.41, 5.74) is 0.827. The molecular formula is C19H19ClF2N2O4S. The maximum atomic E-state index is 13.4. The summed E-state index contributed by atoms with van der Waals surface area (Å²) in [6, 6.07) is 7.52. The van der Waals surface area contributed by atoms with Crippen LogP contribution in [0.25, 0.3) is 0 Å². The molecule has 1 fully saturated rings. The summed E-state index contributed by atoms with van der Waals surface area (Å²) in [5.74, 6) is -2.10. The van der Waals surface area contributed by atoms with Crippen molar-refractivity contribution >= 4 is 27.5 Å². The minimum absolute atomic E-state index is 0.0487. The third-order valence-electron chi connectivity index (χ3n) is 4.61. The predicted molar refractivity (Wildman–Crippen MR) is 103 cm³/mol. The Morgan fingerprint density at radius 3 is 2.38 bits per heavy atom. The minimum atomic E-state index is -3.97. The van der Waals surface area contributed by atoms with Crippen LogP contribution >= 0.6 is 11.6 Å². The first-order valence-corrected chi connectivity index (χ1v) is 10.6. The Kier molecular flexibility index (Phi) is 6.40. The predicted octanol–water partition coefficient (Wildman–Crippen LogP) is 2.84. The zero-order chi connectivity index (χ0) is 21.2. The van der Waals surface area contributed by atoms with Crippen molar-refractivity contribution in [1.82, 2.24) is 9.21 Å². The summed E-state index contributed by atoms with van der Waals surface area (Å²) >= 11 is 5.95. The number of amides is 1. The lowest BCUT2D eigenvalue weighted by Gasteiger charge is -2.34. The lowest BCUT2D eigenvalue weighted by molar-refractivity contribution is -0.134. The van der Waals surface area contributed by atoms with E-state index in [1.165, 1.54) is 4.90 Å². The molecule has 3 rings (SSSR count). The molecule has 1 saturated heterocycles. The van der Waals surface area contributed by atoms with Gasteiger partial charge < -0.3 is 9.64 Å². The Morgan fingerprint density at radius 2 is 1.76 bits per heavy atom. The van der Waals surface area contributed by atoms with E-state index in [2.05, 4.69) is 0 Å². The fourth-order valence-corrected chi connectivity index (χ4v) is 4.46. The number of carbonyl (C=O) groups is 1.